The van der Waals surface area contributed by atoms with Crippen molar-refractivity contribution >= 4 is 17.6 Å². The van der Waals surface area contributed by atoms with Gasteiger partial charge in [0.05, 0.1) is 11.3 Å². The lowest BCUT2D eigenvalue weighted by molar-refractivity contribution is 0.0998. The van der Waals surface area contributed by atoms with Crippen molar-refractivity contribution < 1.29 is 18.8 Å². The molecule has 3 rings (SSSR count). The van der Waals surface area contributed by atoms with Gasteiger partial charge < -0.3 is 25.6 Å². The van der Waals surface area contributed by atoms with Gasteiger partial charge in [-0.25, -0.2) is 4.79 Å². The van der Waals surface area contributed by atoms with E-state index < -0.39 is 5.91 Å². The number of carbonyl (C=O) groups excluding carboxylic acids is 2. The minimum Gasteiger partial charge on any atom is -0.457 e. The van der Waals surface area contributed by atoms with Gasteiger partial charge in [-0.3, -0.25) is 4.79 Å². The number of primary amides is 1. The Morgan fingerprint density at radius 3 is 2.50 bits per heavy atom. The number of hydrogen-bond acceptors (Lipinski definition) is 5. The molecular weight excluding hydrogens is 384 g/mol. The Balaban J connectivity index is 1.47. The maximum Gasteiger partial charge on any atom is 0.319 e. The number of hydrogen-bond donors (Lipinski definition) is 3. The summed E-state index contributed by atoms with van der Waals surface area (Å²) in [6.45, 7) is 4.32. The van der Waals surface area contributed by atoms with E-state index in [9.17, 15) is 9.59 Å². The van der Waals surface area contributed by atoms with Crippen LogP contribution >= 0.6 is 0 Å². The zero-order chi connectivity index (χ0) is 21.5. The highest BCUT2D eigenvalue weighted by molar-refractivity contribution is 5.95. The SMILES string of the molecule is Cc1noc(C)c1CCCNC(=O)Nc1ccc(Oc2ccccc2C(N)=O)cc1. The van der Waals surface area contributed by atoms with Gasteiger partial charge in [0, 0.05) is 17.8 Å². The summed E-state index contributed by atoms with van der Waals surface area (Å²) in [5.74, 6) is 1.16. The molecule has 0 saturated heterocycles. The molecule has 0 aliphatic carbocycles. The van der Waals surface area contributed by atoms with Gasteiger partial charge in [0.15, 0.2) is 0 Å². The number of aryl methyl sites for hydroxylation is 2. The van der Waals surface area contributed by atoms with E-state index in [0.29, 0.717) is 29.3 Å². The van der Waals surface area contributed by atoms with Gasteiger partial charge in [0.1, 0.15) is 17.3 Å². The first-order valence-electron chi connectivity index (χ1n) is 9.57. The van der Waals surface area contributed by atoms with Crippen LogP contribution in [-0.4, -0.2) is 23.6 Å². The Hall–Kier alpha value is -3.81. The molecule has 0 fully saturated rings. The van der Waals surface area contributed by atoms with Gasteiger partial charge in [0.2, 0.25) is 0 Å². The van der Waals surface area contributed by atoms with E-state index in [2.05, 4.69) is 15.8 Å². The van der Waals surface area contributed by atoms with Gasteiger partial charge in [-0.05, 0) is 63.1 Å². The molecule has 156 valence electrons. The largest absolute Gasteiger partial charge is 0.457 e. The molecule has 1 heterocycles. The molecule has 0 aliphatic rings. The van der Waals surface area contributed by atoms with Crippen molar-refractivity contribution in [2.75, 3.05) is 11.9 Å². The molecule has 3 amide bonds. The molecule has 0 atom stereocenters. The third-order valence-corrected chi connectivity index (χ3v) is 4.56. The topological polar surface area (TPSA) is 119 Å². The summed E-state index contributed by atoms with van der Waals surface area (Å²) in [6.07, 6.45) is 1.57. The summed E-state index contributed by atoms with van der Waals surface area (Å²) in [5.41, 5.74) is 8.25. The predicted molar refractivity (Wildman–Crippen MR) is 113 cm³/mol. The van der Waals surface area contributed by atoms with Crippen LogP contribution in [0.15, 0.2) is 53.1 Å². The molecule has 2 aromatic carbocycles. The molecule has 0 saturated carbocycles. The second-order valence-corrected chi connectivity index (χ2v) is 6.77. The van der Waals surface area contributed by atoms with Crippen LogP contribution in [-0.2, 0) is 6.42 Å². The Bertz CT molecular complexity index is 1010. The minimum absolute atomic E-state index is 0.290. The van der Waals surface area contributed by atoms with Gasteiger partial charge in [-0.2, -0.15) is 0 Å². The fraction of sp³-hybridized carbons (Fsp3) is 0.227. The monoisotopic (exact) mass is 408 g/mol. The summed E-state index contributed by atoms with van der Waals surface area (Å²) in [6, 6.07) is 13.3. The molecule has 0 aliphatic heterocycles. The fourth-order valence-electron chi connectivity index (χ4n) is 2.99. The van der Waals surface area contributed by atoms with E-state index in [-0.39, 0.29) is 6.03 Å². The number of aromatic nitrogens is 1. The van der Waals surface area contributed by atoms with E-state index in [1.165, 1.54) is 0 Å². The zero-order valence-corrected chi connectivity index (χ0v) is 16.9. The minimum atomic E-state index is -0.560. The molecule has 0 spiro atoms. The first-order valence-corrected chi connectivity index (χ1v) is 9.57. The number of nitrogens with two attached hydrogens (primary N) is 1. The fourth-order valence-corrected chi connectivity index (χ4v) is 2.99. The smallest absolute Gasteiger partial charge is 0.319 e. The Labute approximate surface area is 174 Å². The Morgan fingerprint density at radius 2 is 1.83 bits per heavy atom. The first-order chi connectivity index (χ1) is 14.4. The summed E-state index contributed by atoms with van der Waals surface area (Å²) in [4.78, 5) is 23.5. The molecule has 8 heteroatoms. The van der Waals surface area contributed by atoms with Crippen LogP contribution < -0.4 is 21.1 Å². The summed E-state index contributed by atoms with van der Waals surface area (Å²) >= 11 is 0. The maximum atomic E-state index is 12.1. The van der Waals surface area contributed by atoms with Crippen LogP contribution in [0.2, 0.25) is 0 Å². The van der Waals surface area contributed by atoms with E-state index in [1.54, 1.807) is 48.5 Å². The number of anilines is 1. The van der Waals surface area contributed by atoms with Crippen LogP contribution in [0.5, 0.6) is 11.5 Å². The first kappa shape index (κ1) is 20.9. The van der Waals surface area contributed by atoms with Gasteiger partial charge in [-0.15, -0.1) is 0 Å². The number of ether oxygens (including phenoxy) is 1. The maximum absolute atomic E-state index is 12.1. The van der Waals surface area contributed by atoms with Gasteiger partial charge in [0.25, 0.3) is 5.91 Å². The highest BCUT2D eigenvalue weighted by atomic mass is 16.5. The highest BCUT2D eigenvalue weighted by Gasteiger charge is 2.10. The summed E-state index contributed by atoms with van der Waals surface area (Å²) in [7, 11) is 0. The van der Waals surface area contributed by atoms with Crippen molar-refractivity contribution in [1.82, 2.24) is 10.5 Å². The third-order valence-electron chi connectivity index (χ3n) is 4.56. The number of nitrogens with one attached hydrogen (secondary N) is 2. The van der Waals surface area contributed by atoms with E-state index >= 15 is 0 Å². The zero-order valence-electron chi connectivity index (χ0n) is 16.9. The number of carbonyl (C=O) groups is 2. The molecule has 0 unspecified atom stereocenters. The summed E-state index contributed by atoms with van der Waals surface area (Å²) < 4.78 is 10.9. The molecule has 8 nitrogen and oxygen atoms in total. The lowest BCUT2D eigenvalue weighted by Gasteiger charge is -2.11. The van der Waals surface area contributed by atoms with E-state index in [0.717, 1.165) is 29.9 Å². The number of urea groups is 1. The van der Waals surface area contributed by atoms with Crippen LogP contribution in [0.4, 0.5) is 10.5 Å². The van der Waals surface area contributed by atoms with Crippen LogP contribution in [0.25, 0.3) is 0 Å². The standard InChI is InChI=1S/C22H24N4O4/c1-14-18(15(2)30-26-14)7-5-13-24-22(28)25-16-9-11-17(12-10-16)29-20-8-4-3-6-19(20)21(23)27/h3-4,6,8-12H,5,7,13H2,1-2H3,(H2,23,27)(H2,24,25,28). The molecule has 0 bridgehead atoms. The van der Waals surface area contributed by atoms with Crippen molar-refractivity contribution in [2.24, 2.45) is 5.73 Å². The van der Waals surface area contributed by atoms with Gasteiger partial charge >= 0.3 is 6.03 Å². The molecule has 30 heavy (non-hydrogen) atoms. The van der Waals surface area contributed by atoms with E-state index in [4.69, 9.17) is 15.0 Å². The number of nitrogens with zero attached hydrogens (tertiary/aromatic N) is 1. The van der Waals surface area contributed by atoms with Crippen LogP contribution in [0.3, 0.4) is 0 Å². The second kappa shape index (κ2) is 9.60. The predicted octanol–water partition coefficient (Wildman–Crippen LogP) is 3.94. The van der Waals surface area contributed by atoms with Crippen molar-refractivity contribution in [3.05, 3.63) is 71.1 Å². The molecular formula is C22H24N4O4. The summed E-state index contributed by atoms with van der Waals surface area (Å²) in [5, 5.41) is 9.52. The normalized spacial score (nSPS) is 10.5. The lowest BCUT2D eigenvalue weighted by Crippen LogP contribution is -2.29. The van der Waals surface area contributed by atoms with Crippen molar-refractivity contribution in [1.29, 1.82) is 0 Å². The van der Waals surface area contributed by atoms with Crippen molar-refractivity contribution in [3.63, 3.8) is 0 Å². The second-order valence-electron chi connectivity index (χ2n) is 6.77. The number of amides is 3. The Morgan fingerprint density at radius 1 is 1.10 bits per heavy atom. The highest BCUT2D eigenvalue weighted by Crippen LogP contribution is 2.26. The Kier molecular flexibility index (Phi) is 6.69. The third kappa shape index (κ3) is 5.38. The van der Waals surface area contributed by atoms with Crippen molar-refractivity contribution in [2.45, 2.75) is 26.7 Å². The average molecular weight is 408 g/mol. The molecule has 3 aromatic rings. The number of rotatable bonds is 8. The quantitative estimate of drug-likeness (QED) is 0.488. The van der Waals surface area contributed by atoms with E-state index in [1.807, 2.05) is 13.8 Å². The average Bonchev–Trinajstić information content (AvgIpc) is 3.05. The lowest BCUT2D eigenvalue weighted by atomic mass is 10.1. The number of benzene rings is 2. The van der Waals surface area contributed by atoms with Gasteiger partial charge in [-0.1, -0.05) is 17.3 Å². The van der Waals surface area contributed by atoms with Crippen LogP contribution in [0, 0.1) is 13.8 Å². The molecule has 1 aromatic heterocycles. The van der Waals surface area contributed by atoms with Crippen molar-refractivity contribution in [3.8, 4) is 11.5 Å². The molecule has 0 radical (unpaired) electrons. The van der Waals surface area contributed by atoms with Crippen LogP contribution in [0.1, 0.15) is 33.8 Å². The number of para-hydroxylation sites is 1. The molecule has 4 N–H and O–H groups in total.